The second-order valence-electron chi connectivity index (χ2n) is 13.3. The number of aromatic carboxylic acids is 1. The smallest absolute Gasteiger partial charge is 0.442 e. The number of alkyl halides is 3. The number of urea groups is 1. The average Bonchev–Trinajstić information content (AvgIpc) is 3.59. The normalized spacial score (nSPS) is 11.2. The van der Waals surface area contributed by atoms with Gasteiger partial charge in [-0.2, -0.15) is 32.8 Å². The molecule has 0 spiro atoms. The number of carbonyl (C=O) groups is 2. The molecule has 5 aromatic rings. The summed E-state index contributed by atoms with van der Waals surface area (Å²) in [7, 11) is -1.81. The van der Waals surface area contributed by atoms with E-state index in [0.29, 0.717) is 17.3 Å². The number of aromatic nitrogens is 5. The van der Waals surface area contributed by atoms with Crippen LogP contribution in [0.3, 0.4) is 0 Å². The Morgan fingerprint density at radius 3 is 2.16 bits per heavy atom. The van der Waals surface area contributed by atoms with Crippen LogP contribution < -0.4 is 30.0 Å². The number of amides is 2. The minimum absolute atomic E-state index is 0.0434. The van der Waals surface area contributed by atoms with E-state index >= 15 is 0 Å². The number of anilines is 1. The Morgan fingerprint density at radius 2 is 1.60 bits per heavy atom. The third-order valence-corrected chi connectivity index (χ3v) is 10.2. The highest BCUT2D eigenvalue weighted by Gasteiger charge is 2.29. The Labute approximate surface area is 377 Å². The van der Waals surface area contributed by atoms with Gasteiger partial charge >= 0.3 is 29.9 Å². The summed E-state index contributed by atoms with van der Waals surface area (Å²) in [5.41, 5.74) is -0.289. The van der Waals surface area contributed by atoms with E-state index in [1.165, 1.54) is 63.6 Å². The SMILES string of the molecule is C#CCOc1cc(-n2nc(C(C)(C)C)oc2=O)c(Cl)cc1Cl.COc1c(Cl)ccc(Cl)c1C(=O)O.COc1nc(C)nc(NC(=O)NS(=O)(=O)c2ccccc2CCC(F)(F)F)n1. The number of methoxy groups -OCH3 is 2. The van der Waals surface area contributed by atoms with Gasteiger partial charge in [-0.05, 0) is 43.2 Å². The molecule has 0 fully saturated rings. The highest BCUT2D eigenvalue weighted by Crippen LogP contribution is 2.34. The summed E-state index contributed by atoms with van der Waals surface area (Å²) in [6, 6.07) is 9.66. The molecular formula is C38H36Cl4F3N7O10S. The van der Waals surface area contributed by atoms with Crippen molar-refractivity contribution in [3.8, 4) is 35.5 Å². The van der Waals surface area contributed by atoms with Crippen LogP contribution in [-0.4, -0.2) is 77.3 Å². The Kier molecular flexibility index (Phi) is 18.0. The molecular weight excluding hydrogens is 945 g/mol. The summed E-state index contributed by atoms with van der Waals surface area (Å²) >= 11 is 23.5. The maximum atomic E-state index is 12.5. The number of ether oxygens (including phenoxy) is 3. The van der Waals surface area contributed by atoms with Crippen LogP contribution in [0.5, 0.6) is 17.5 Å². The third-order valence-electron chi connectivity index (χ3n) is 7.51. The zero-order chi connectivity index (χ0) is 47.4. The second-order valence-corrected chi connectivity index (χ2v) is 16.6. The topological polar surface area (TPSA) is 227 Å². The number of rotatable bonds is 11. The number of hydrogen-bond donors (Lipinski definition) is 3. The van der Waals surface area contributed by atoms with E-state index in [1.807, 2.05) is 20.8 Å². The predicted octanol–water partition coefficient (Wildman–Crippen LogP) is 8.34. The number of terminal acetylenes is 1. The molecule has 0 atom stereocenters. The Bertz CT molecular complexity index is 2670. The molecule has 3 aromatic carbocycles. The van der Waals surface area contributed by atoms with Crippen molar-refractivity contribution >= 4 is 74.4 Å². The molecule has 0 radical (unpaired) electrons. The van der Waals surface area contributed by atoms with Crippen LogP contribution >= 0.6 is 46.4 Å². The Balaban J connectivity index is 0.000000268. The molecule has 2 aromatic heterocycles. The van der Waals surface area contributed by atoms with Gasteiger partial charge in [0.15, 0.2) is 5.75 Å². The number of sulfonamides is 1. The number of nitrogens with one attached hydrogen (secondary N) is 2. The Hall–Kier alpha value is -5.79. The fraction of sp³-hybridized carbons (Fsp3) is 0.289. The van der Waals surface area contributed by atoms with Crippen molar-refractivity contribution in [3.63, 3.8) is 0 Å². The first-order valence-electron chi connectivity index (χ1n) is 17.5. The lowest BCUT2D eigenvalue weighted by atomic mass is 9.97. The first-order chi connectivity index (χ1) is 29.3. The van der Waals surface area contributed by atoms with Gasteiger partial charge in [0.1, 0.15) is 23.7 Å². The highest BCUT2D eigenvalue weighted by molar-refractivity contribution is 7.90. The van der Waals surface area contributed by atoms with Crippen LogP contribution in [0, 0.1) is 19.3 Å². The molecule has 0 saturated heterocycles. The first-order valence-corrected chi connectivity index (χ1v) is 20.5. The number of carboxylic acid groups (broad SMARTS) is 1. The molecule has 0 aliphatic rings. The van der Waals surface area contributed by atoms with Crippen molar-refractivity contribution < 1.29 is 54.9 Å². The zero-order valence-electron chi connectivity index (χ0n) is 33.7. The van der Waals surface area contributed by atoms with Gasteiger partial charge in [0.25, 0.3) is 10.0 Å². The lowest BCUT2D eigenvalue weighted by Gasteiger charge is -2.13. The monoisotopic (exact) mass is 979 g/mol. The number of halogens is 7. The van der Waals surface area contributed by atoms with E-state index in [0.717, 1.165) is 10.7 Å². The van der Waals surface area contributed by atoms with Gasteiger partial charge < -0.3 is 23.7 Å². The van der Waals surface area contributed by atoms with Crippen molar-refractivity contribution in [1.29, 1.82) is 0 Å². The van der Waals surface area contributed by atoms with Crippen LogP contribution in [0.4, 0.5) is 23.9 Å². The summed E-state index contributed by atoms with van der Waals surface area (Å²) in [4.78, 5) is 45.7. The van der Waals surface area contributed by atoms with E-state index in [1.54, 1.807) is 4.72 Å². The number of aryl methyl sites for hydroxylation is 2. The number of carboxylic acids is 1. The van der Waals surface area contributed by atoms with Gasteiger partial charge in [0.2, 0.25) is 11.8 Å². The standard InChI is InChI=1S/C15H14Cl2N2O3.C15H16F3N5O4S.C8H6Cl2O3/c1-5-6-21-12-8-11(9(16)7-10(12)17)19-14(20)22-13(18-19)15(2,3)4;1-9-19-12(22-14(20-9)27-2)21-13(24)23-28(25,26)11-6-4-3-5-10(11)7-8-15(16,17)18;1-13-7-5(10)3-2-4(9)6(7)8(11)12/h1,7-8H,6H2,2-4H3;3-6H,7-8H2,1-2H3,(H2,19,20,21,22,23,24);2-3H,1H3,(H,11,12). The quantitative estimate of drug-likeness (QED) is 0.106. The molecule has 63 heavy (non-hydrogen) atoms. The van der Waals surface area contributed by atoms with Crippen LogP contribution in [0.2, 0.25) is 20.1 Å². The van der Waals surface area contributed by atoms with Crippen molar-refractivity contribution in [2.24, 2.45) is 0 Å². The molecule has 0 aliphatic heterocycles. The van der Waals surface area contributed by atoms with Gasteiger partial charge in [-0.3, -0.25) is 5.32 Å². The van der Waals surface area contributed by atoms with Crippen LogP contribution in [0.25, 0.3) is 5.69 Å². The molecule has 338 valence electrons. The molecule has 0 unspecified atom stereocenters. The van der Waals surface area contributed by atoms with Gasteiger partial charge in [-0.25, -0.2) is 27.5 Å². The number of benzene rings is 3. The van der Waals surface area contributed by atoms with Gasteiger partial charge in [-0.1, -0.05) is 91.3 Å². The van der Waals surface area contributed by atoms with Gasteiger partial charge in [0, 0.05) is 17.9 Å². The summed E-state index contributed by atoms with van der Waals surface area (Å²) in [5, 5.41) is 15.9. The molecule has 0 saturated carbocycles. The molecule has 2 amide bonds. The molecule has 17 nitrogen and oxygen atoms in total. The van der Waals surface area contributed by atoms with E-state index in [2.05, 4.69) is 31.3 Å². The van der Waals surface area contributed by atoms with Crippen molar-refractivity contribution in [1.82, 2.24) is 29.5 Å². The molecule has 5 rings (SSSR count). The van der Waals surface area contributed by atoms with Crippen molar-refractivity contribution in [2.75, 3.05) is 26.1 Å². The van der Waals surface area contributed by atoms with Crippen molar-refractivity contribution in [2.45, 2.75) is 57.0 Å². The molecule has 3 N–H and O–H groups in total. The summed E-state index contributed by atoms with van der Waals surface area (Å²) < 4.78 is 85.2. The fourth-order valence-corrected chi connectivity index (χ4v) is 6.89. The summed E-state index contributed by atoms with van der Waals surface area (Å²) in [6.07, 6.45) is -1.04. The summed E-state index contributed by atoms with van der Waals surface area (Å²) in [6.45, 7) is 7.19. The fourth-order valence-electron chi connectivity index (χ4n) is 4.73. The van der Waals surface area contributed by atoms with Gasteiger partial charge in [-0.15, -0.1) is 11.5 Å². The van der Waals surface area contributed by atoms with Crippen LogP contribution in [0.1, 0.15) is 54.8 Å². The second kappa shape index (κ2) is 22.0. The van der Waals surface area contributed by atoms with Crippen LogP contribution in [-0.2, 0) is 21.9 Å². The van der Waals surface area contributed by atoms with Gasteiger partial charge in [0.05, 0.1) is 44.9 Å². The third kappa shape index (κ3) is 14.9. The maximum absolute atomic E-state index is 12.5. The lowest BCUT2D eigenvalue weighted by Crippen LogP contribution is -2.35. The maximum Gasteiger partial charge on any atom is 0.442 e. The van der Waals surface area contributed by atoms with E-state index < -0.39 is 57.1 Å². The predicted molar refractivity (Wildman–Crippen MR) is 226 cm³/mol. The summed E-state index contributed by atoms with van der Waals surface area (Å²) in [5.74, 6) is 1.18. The van der Waals surface area contributed by atoms with Crippen molar-refractivity contribution in [3.05, 3.63) is 102 Å². The zero-order valence-corrected chi connectivity index (χ0v) is 37.6. The highest BCUT2D eigenvalue weighted by atomic mass is 35.5. The lowest BCUT2D eigenvalue weighted by molar-refractivity contribution is -0.134. The van der Waals surface area contributed by atoms with E-state index in [-0.39, 0.29) is 61.4 Å². The largest absolute Gasteiger partial charge is 0.494 e. The molecule has 0 aliphatic carbocycles. The minimum Gasteiger partial charge on any atom is -0.494 e. The number of nitrogens with zero attached hydrogens (tertiary/aromatic N) is 5. The number of carbonyl (C=O) groups excluding carboxylic acids is 1. The first kappa shape index (κ1) is 51.6. The average molecular weight is 982 g/mol. The van der Waals surface area contributed by atoms with Crippen LogP contribution in [0.15, 0.2) is 62.6 Å². The van der Waals surface area contributed by atoms with E-state index in [9.17, 15) is 36.0 Å². The minimum atomic E-state index is -4.45. The molecule has 25 heteroatoms. The molecule has 2 heterocycles. The Morgan fingerprint density at radius 1 is 0.952 bits per heavy atom. The number of hydrogen-bond acceptors (Lipinski definition) is 13. The van der Waals surface area contributed by atoms with E-state index in [4.69, 9.17) is 76.6 Å². The molecule has 0 bridgehead atoms.